The Morgan fingerprint density at radius 2 is 2.25 bits per heavy atom. The fourth-order valence-electron chi connectivity index (χ4n) is 1.17. The Labute approximate surface area is 93.2 Å². The van der Waals surface area contributed by atoms with E-state index in [4.69, 9.17) is 9.84 Å². The predicted molar refractivity (Wildman–Crippen MR) is 57.9 cm³/mol. The lowest BCUT2D eigenvalue weighted by Crippen LogP contribution is -2.11. The van der Waals surface area contributed by atoms with Gasteiger partial charge in [-0.2, -0.15) is 0 Å². The number of carbonyl (C=O) groups is 1. The van der Waals surface area contributed by atoms with Gasteiger partial charge in [-0.3, -0.25) is 0 Å². The number of rotatable bonds is 5. The third kappa shape index (κ3) is 4.13. The van der Waals surface area contributed by atoms with Crippen molar-refractivity contribution in [3.05, 3.63) is 42.2 Å². The highest BCUT2D eigenvalue weighted by atomic mass is 19.1. The minimum atomic E-state index is -1.00. The second-order valence-corrected chi connectivity index (χ2v) is 3.34. The van der Waals surface area contributed by atoms with Crippen molar-refractivity contribution >= 4 is 5.97 Å². The van der Waals surface area contributed by atoms with Crippen LogP contribution in [0.15, 0.2) is 36.4 Å². The maximum absolute atomic E-state index is 13.2. The third-order valence-corrected chi connectivity index (χ3v) is 1.89. The minimum absolute atomic E-state index is 0.179. The van der Waals surface area contributed by atoms with E-state index < -0.39 is 11.8 Å². The highest BCUT2D eigenvalue weighted by Crippen LogP contribution is 2.17. The first-order chi connectivity index (χ1) is 7.59. The van der Waals surface area contributed by atoms with Gasteiger partial charge in [0.1, 0.15) is 0 Å². The van der Waals surface area contributed by atoms with Gasteiger partial charge >= 0.3 is 5.97 Å². The molecule has 0 aliphatic heterocycles. The van der Waals surface area contributed by atoms with Gasteiger partial charge in [-0.1, -0.05) is 18.2 Å². The van der Waals surface area contributed by atoms with Crippen molar-refractivity contribution in [1.82, 2.24) is 0 Å². The van der Waals surface area contributed by atoms with E-state index in [9.17, 15) is 9.18 Å². The molecule has 86 valence electrons. The van der Waals surface area contributed by atoms with Gasteiger partial charge in [0.25, 0.3) is 0 Å². The highest BCUT2D eigenvalue weighted by Gasteiger charge is 2.06. The van der Waals surface area contributed by atoms with Crippen LogP contribution in [-0.4, -0.2) is 17.2 Å². The number of carboxylic acids is 1. The minimum Gasteiger partial charge on any atom is -0.487 e. The smallest absolute Gasteiger partial charge is 0.327 e. The lowest BCUT2D eigenvalue weighted by atomic mass is 10.2. The molecule has 16 heavy (non-hydrogen) atoms. The van der Waals surface area contributed by atoms with E-state index in [1.54, 1.807) is 19.1 Å². The summed E-state index contributed by atoms with van der Waals surface area (Å²) in [5.74, 6) is -1.24. The van der Waals surface area contributed by atoms with Crippen LogP contribution < -0.4 is 4.74 Å². The van der Waals surface area contributed by atoms with Crippen molar-refractivity contribution in [1.29, 1.82) is 0 Å². The zero-order chi connectivity index (χ0) is 12.0. The van der Waals surface area contributed by atoms with Crippen molar-refractivity contribution in [2.24, 2.45) is 0 Å². The van der Waals surface area contributed by atoms with Crippen LogP contribution in [0.25, 0.3) is 0 Å². The van der Waals surface area contributed by atoms with Crippen LogP contribution in [0.3, 0.4) is 0 Å². The number of para-hydroxylation sites is 1. The van der Waals surface area contributed by atoms with E-state index in [2.05, 4.69) is 0 Å². The van der Waals surface area contributed by atoms with E-state index in [0.29, 0.717) is 6.42 Å². The molecule has 1 aromatic rings. The van der Waals surface area contributed by atoms with E-state index in [1.807, 2.05) is 0 Å². The number of hydrogen-bond acceptors (Lipinski definition) is 2. The predicted octanol–water partition coefficient (Wildman–Crippen LogP) is 2.62. The average molecular weight is 224 g/mol. The molecule has 1 rings (SSSR count). The summed E-state index contributed by atoms with van der Waals surface area (Å²) in [4.78, 5) is 10.2. The van der Waals surface area contributed by atoms with E-state index >= 15 is 0 Å². The van der Waals surface area contributed by atoms with Crippen LogP contribution in [0.1, 0.15) is 13.3 Å². The Bertz CT molecular complexity index is 388. The molecule has 1 aromatic carbocycles. The standard InChI is InChI=1S/C12H13FO3/c1-9(5-4-8-12(14)15)16-11-7-3-2-6-10(11)13/h2-4,6-9H,5H2,1H3,(H,14,15)/b8-4+. The largest absolute Gasteiger partial charge is 0.487 e. The molecule has 4 heteroatoms. The molecule has 0 spiro atoms. The summed E-state index contributed by atoms with van der Waals surface area (Å²) in [7, 11) is 0. The molecule has 0 heterocycles. The molecule has 0 fully saturated rings. The van der Waals surface area contributed by atoms with Gasteiger partial charge in [0.05, 0.1) is 6.10 Å². The summed E-state index contributed by atoms with van der Waals surface area (Å²) in [5.41, 5.74) is 0. The molecule has 1 N–H and O–H groups in total. The molecule has 1 unspecified atom stereocenters. The Morgan fingerprint density at radius 3 is 2.88 bits per heavy atom. The molecular formula is C12H13FO3. The molecule has 0 bridgehead atoms. The first-order valence-electron chi connectivity index (χ1n) is 4.90. The summed E-state index contributed by atoms with van der Waals surface area (Å²) in [6.07, 6.45) is 2.67. The average Bonchev–Trinajstić information content (AvgIpc) is 2.21. The molecule has 0 radical (unpaired) electrons. The molecule has 3 nitrogen and oxygen atoms in total. The summed E-state index contributed by atoms with van der Waals surface area (Å²) in [6.45, 7) is 1.75. The summed E-state index contributed by atoms with van der Waals surface area (Å²) < 4.78 is 18.5. The highest BCUT2D eigenvalue weighted by molar-refractivity contribution is 5.79. The summed E-state index contributed by atoms with van der Waals surface area (Å²) >= 11 is 0. The summed E-state index contributed by atoms with van der Waals surface area (Å²) in [5, 5.41) is 8.37. The van der Waals surface area contributed by atoms with Crippen molar-refractivity contribution in [3.63, 3.8) is 0 Å². The Hall–Kier alpha value is -1.84. The number of ether oxygens (including phenoxy) is 1. The molecule has 0 aromatic heterocycles. The van der Waals surface area contributed by atoms with Gasteiger partial charge in [0, 0.05) is 12.5 Å². The Balaban J connectivity index is 2.49. The molecule has 0 amide bonds. The second kappa shape index (κ2) is 5.90. The first-order valence-corrected chi connectivity index (χ1v) is 4.90. The van der Waals surface area contributed by atoms with Crippen molar-refractivity contribution in [3.8, 4) is 5.75 Å². The number of carboxylic acid groups (broad SMARTS) is 1. The number of benzene rings is 1. The van der Waals surface area contributed by atoms with E-state index in [1.165, 1.54) is 18.2 Å². The van der Waals surface area contributed by atoms with Crippen LogP contribution in [0.4, 0.5) is 4.39 Å². The Kier molecular flexibility index (Phi) is 4.51. The van der Waals surface area contributed by atoms with Crippen LogP contribution in [0, 0.1) is 5.82 Å². The number of halogens is 1. The zero-order valence-corrected chi connectivity index (χ0v) is 8.89. The van der Waals surface area contributed by atoms with E-state index in [-0.39, 0.29) is 11.9 Å². The van der Waals surface area contributed by atoms with Gasteiger partial charge in [-0.05, 0) is 19.1 Å². The van der Waals surface area contributed by atoms with Crippen molar-refractivity contribution in [2.45, 2.75) is 19.4 Å². The molecule has 1 atom stereocenters. The molecular weight excluding hydrogens is 211 g/mol. The quantitative estimate of drug-likeness (QED) is 0.782. The van der Waals surface area contributed by atoms with Crippen LogP contribution in [0.5, 0.6) is 5.75 Å². The number of aliphatic carboxylic acids is 1. The molecule has 0 saturated heterocycles. The normalized spacial score (nSPS) is 12.6. The third-order valence-electron chi connectivity index (χ3n) is 1.89. The lowest BCUT2D eigenvalue weighted by molar-refractivity contribution is -0.131. The molecule has 0 saturated carbocycles. The van der Waals surface area contributed by atoms with Crippen LogP contribution >= 0.6 is 0 Å². The fraction of sp³-hybridized carbons (Fsp3) is 0.250. The molecule has 0 aliphatic carbocycles. The monoisotopic (exact) mass is 224 g/mol. The SMILES string of the molecule is CC(C/C=C/C(=O)O)Oc1ccccc1F. The van der Waals surface area contributed by atoms with Gasteiger partial charge < -0.3 is 9.84 Å². The Morgan fingerprint density at radius 1 is 1.56 bits per heavy atom. The fourth-order valence-corrected chi connectivity index (χ4v) is 1.17. The van der Waals surface area contributed by atoms with Gasteiger partial charge in [-0.15, -0.1) is 0 Å². The van der Waals surface area contributed by atoms with Gasteiger partial charge in [0.15, 0.2) is 11.6 Å². The topological polar surface area (TPSA) is 46.5 Å². The maximum atomic E-state index is 13.2. The van der Waals surface area contributed by atoms with Crippen molar-refractivity contribution in [2.75, 3.05) is 0 Å². The van der Waals surface area contributed by atoms with Crippen LogP contribution in [-0.2, 0) is 4.79 Å². The van der Waals surface area contributed by atoms with Crippen LogP contribution in [0.2, 0.25) is 0 Å². The molecule has 0 aliphatic rings. The zero-order valence-electron chi connectivity index (χ0n) is 8.89. The van der Waals surface area contributed by atoms with Gasteiger partial charge in [0.2, 0.25) is 0 Å². The lowest BCUT2D eigenvalue weighted by Gasteiger charge is -2.12. The first kappa shape index (κ1) is 12.2. The maximum Gasteiger partial charge on any atom is 0.327 e. The second-order valence-electron chi connectivity index (χ2n) is 3.34. The summed E-state index contributed by atoms with van der Waals surface area (Å²) in [6, 6.07) is 6.11. The van der Waals surface area contributed by atoms with Crippen molar-refractivity contribution < 1.29 is 19.0 Å². The number of hydrogen-bond donors (Lipinski definition) is 1. The van der Waals surface area contributed by atoms with E-state index in [0.717, 1.165) is 6.08 Å². The van der Waals surface area contributed by atoms with Gasteiger partial charge in [-0.25, -0.2) is 9.18 Å².